The Balaban J connectivity index is 2.50. The summed E-state index contributed by atoms with van der Waals surface area (Å²) in [5.74, 6) is -0.0140. The van der Waals surface area contributed by atoms with E-state index < -0.39 is 12.0 Å². The van der Waals surface area contributed by atoms with Gasteiger partial charge in [-0.3, -0.25) is 4.79 Å². The molecule has 0 radical (unpaired) electrons. The molecule has 0 spiro atoms. The maximum Gasteiger partial charge on any atom is 0.322 e. The van der Waals surface area contributed by atoms with E-state index >= 15 is 0 Å². The third-order valence-electron chi connectivity index (χ3n) is 1.22. The highest BCUT2D eigenvalue weighted by molar-refractivity contribution is 8.01. The summed E-state index contributed by atoms with van der Waals surface area (Å²) in [7, 11) is 0. The van der Waals surface area contributed by atoms with Crippen LogP contribution < -0.4 is 0 Å². The van der Waals surface area contributed by atoms with Gasteiger partial charge in [-0.15, -0.1) is 15.6 Å². The van der Waals surface area contributed by atoms with Crippen molar-refractivity contribution in [3.63, 3.8) is 0 Å². The fraction of sp³-hybridized carbons (Fsp3) is 0.750. The number of carboxylic acid groups (broad SMARTS) is 1. The van der Waals surface area contributed by atoms with Gasteiger partial charge < -0.3 is 5.11 Å². The molecule has 0 aromatic carbocycles. The highest BCUT2D eigenvalue weighted by Gasteiger charge is 2.31. The van der Waals surface area contributed by atoms with E-state index in [2.05, 4.69) is 0 Å². The van der Waals surface area contributed by atoms with Crippen molar-refractivity contribution in [3.05, 3.63) is 0 Å². The van der Waals surface area contributed by atoms with Gasteiger partial charge in [-0.25, -0.2) is 0 Å². The molecule has 0 aromatic heterocycles. The predicted octanol–water partition coefficient (Wildman–Crippen LogP) is 0.979. The summed E-state index contributed by atoms with van der Waals surface area (Å²) in [6.07, 6.45) is 0. The molecule has 1 heterocycles. The molecule has 0 aliphatic carbocycles. The number of nitrogens with zero attached hydrogens (tertiary/aromatic N) is 1. The van der Waals surface area contributed by atoms with Crippen LogP contribution >= 0.6 is 24.1 Å². The van der Waals surface area contributed by atoms with Crippen molar-refractivity contribution >= 4 is 30.1 Å². The molecule has 6 heteroatoms. The van der Waals surface area contributed by atoms with Gasteiger partial charge >= 0.3 is 5.97 Å². The van der Waals surface area contributed by atoms with Gasteiger partial charge in [-0.1, -0.05) is 0 Å². The van der Waals surface area contributed by atoms with Crippen molar-refractivity contribution in [3.8, 4) is 0 Å². The van der Waals surface area contributed by atoms with E-state index in [1.807, 2.05) is 0 Å². The van der Waals surface area contributed by atoms with Gasteiger partial charge in [-0.2, -0.15) is 4.31 Å². The first-order valence-electron chi connectivity index (χ1n) is 2.61. The largest absolute Gasteiger partial charge is 0.480 e. The number of halogens is 1. The average Bonchev–Trinajstić information content (AvgIpc) is 2.33. The number of aliphatic carboxylic acids is 1. The Labute approximate surface area is 66.4 Å². The van der Waals surface area contributed by atoms with Gasteiger partial charge in [-0.05, 0) is 0 Å². The Hall–Kier alpha value is 0.0600. The maximum absolute atomic E-state index is 11.9. The van der Waals surface area contributed by atoms with Crippen molar-refractivity contribution in [1.82, 2.24) is 4.31 Å². The molecule has 0 bridgehead atoms. The van der Waals surface area contributed by atoms with E-state index in [1.165, 1.54) is 16.1 Å². The van der Waals surface area contributed by atoms with Crippen LogP contribution in [0.3, 0.4) is 0 Å². The number of hydrogen-bond donors (Lipinski definition) is 1. The number of hydrogen-bond acceptors (Lipinski definition) is 4. The topological polar surface area (TPSA) is 40.5 Å². The van der Waals surface area contributed by atoms with Crippen LogP contribution in [0.5, 0.6) is 0 Å². The summed E-state index contributed by atoms with van der Waals surface area (Å²) in [5, 5.41) is 8.48. The molecule has 10 heavy (non-hydrogen) atoms. The monoisotopic (exact) mass is 183 g/mol. The minimum atomic E-state index is -0.949. The lowest BCUT2D eigenvalue weighted by Gasteiger charge is -2.11. The van der Waals surface area contributed by atoms with Crippen LogP contribution in [0.25, 0.3) is 0 Å². The van der Waals surface area contributed by atoms with Crippen molar-refractivity contribution in [2.24, 2.45) is 0 Å². The maximum atomic E-state index is 11.9. The Bertz CT molecular complexity index is 145. The van der Waals surface area contributed by atoms with Crippen molar-refractivity contribution in [1.29, 1.82) is 0 Å². The molecule has 58 valence electrons. The van der Waals surface area contributed by atoms with Crippen LogP contribution in [0.15, 0.2) is 0 Å². The molecule has 1 aliphatic rings. The lowest BCUT2D eigenvalue weighted by Crippen LogP contribution is -2.32. The number of carbonyl (C=O) groups is 1. The van der Waals surface area contributed by atoms with E-state index in [0.29, 0.717) is 11.6 Å². The first kappa shape index (κ1) is 8.16. The van der Waals surface area contributed by atoms with Crippen LogP contribution in [0.4, 0.5) is 3.89 Å². The molecule has 1 atom stereocenters. The van der Waals surface area contributed by atoms with Crippen LogP contribution in [0, 0.1) is 0 Å². The summed E-state index contributed by atoms with van der Waals surface area (Å²) in [5.41, 5.74) is 0. The zero-order valence-electron chi connectivity index (χ0n) is 4.99. The molecule has 3 nitrogen and oxygen atoms in total. The Morgan fingerprint density at radius 3 is 3.00 bits per heavy atom. The van der Waals surface area contributed by atoms with Crippen molar-refractivity contribution in [2.75, 3.05) is 11.6 Å². The standard InChI is InChI=1S/C4H6FNO2S2/c5-10-6-2-9-1-3(6)4(7)8/h3H,1-2H2,(H,7,8)/t3-/m0/s1. The Morgan fingerprint density at radius 1 is 1.90 bits per heavy atom. The normalized spacial score (nSPS) is 27.1. The van der Waals surface area contributed by atoms with E-state index in [0.717, 1.165) is 0 Å². The molecular formula is C4H6FNO2S2. The average molecular weight is 183 g/mol. The molecule has 0 saturated carbocycles. The van der Waals surface area contributed by atoms with Gasteiger partial charge in [0.1, 0.15) is 18.4 Å². The molecule has 1 fully saturated rings. The summed E-state index contributed by atoms with van der Waals surface area (Å²) >= 11 is 1.43. The Morgan fingerprint density at radius 2 is 2.60 bits per heavy atom. The second kappa shape index (κ2) is 3.45. The molecular weight excluding hydrogens is 177 g/mol. The molecule has 1 rings (SSSR count). The molecule has 1 aliphatic heterocycles. The summed E-state index contributed by atoms with van der Waals surface area (Å²) in [6.45, 7) is 0. The summed E-state index contributed by atoms with van der Waals surface area (Å²) < 4.78 is 13.1. The van der Waals surface area contributed by atoms with Gasteiger partial charge in [0.25, 0.3) is 0 Å². The third-order valence-corrected chi connectivity index (χ3v) is 2.95. The second-order valence-electron chi connectivity index (χ2n) is 1.84. The smallest absolute Gasteiger partial charge is 0.322 e. The quantitative estimate of drug-likeness (QED) is 0.646. The van der Waals surface area contributed by atoms with Crippen LogP contribution in [0.1, 0.15) is 0 Å². The number of rotatable bonds is 2. The number of carboxylic acids is 1. The lowest BCUT2D eigenvalue weighted by molar-refractivity contribution is -0.140. The molecule has 0 amide bonds. The van der Waals surface area contributed by atoms with Crippen molar-refractivity contribution < 1.29 is 13.8 Å². The van der Waals surface area contributed by atoms with Gasteiger partial charge in [0.15, 0.2) is 0 Å². The minimum absolute atomic E-state index is 0.000509. The summed E-state index contributed by atoms with van der Waals surface area (Å²) in [4.78, 5) is 10.3. The summed E-state index contributed by atoms with van der Waals surface area (Å²) in [6, 6.07) is -0.653. The molecule has 0 unspecified atom stereocenters. The van der Waals surface area contributed by atoms with E-state index in [4.69, 9.17) is 5.11 Å². The predicted molar refractivity (Wildman–Crippen MR) is 39.3 cm³/mol. The highest BCUT2D eigenvalue weighted by atomic mass is 32.2. The fourth-order valence-corrected chi connectivity index (χ4v) is 2.44. The highest BCUT2D eigenvalue weighted by Crippen LogP contribution is 2.28. The van der Waals surface area contributed by atoms with Gasteiger partial charge in [0, 0.05) is 5.75 Å². The zero-order chi connectivity index (χ0) is 7.56. The first-order valence-corrected chi connectivity index (χ1v) is 4.44. The fourth-order valence-electron chi connectivity index (χ4n) is 0.690. The van der Waals surface area contributed by atoms with Crippen LogP contribution in [-0.4, -0.2) is 33.1 Å². The van der Waals surface area contributed by atoms with Crippen molar-refractivity contribution in [2.45, 2.75) is 6.04 Å². The first-order chi connectivity index (χ1) is 4.75. The SMILES string of the molecule is O=C(O)[C@@H]1CSCN1SF. The zero-order valence-corrected chi connectivity index (χ0v) is 6.62. The minimum Gasteiger partial charge on any atom is -0.480 e. The molecule has 1 saturated heterocycles. The van der Waals surface area contributed by atoms with Gasteiger partial charge in [0.05, 0.1) is 5.88 Å². The van der Waals surface area contributed by atoms with E-state index in [-0.39, 0.29) is 12.3 Å². The van der Waals surface area contributed by atoms with Crippen LogP contribution in [-0.2, 0) is 4.79 Å². The third kappa shape index (κ3) is 1.56. The Kier molecular flexibility index (Phi) is 2.82. The van der Waals surface area contributed by atoms with E-state index in [1.54, 1.807) is 0 Å². The molecule has 1 N–H and O–H groups in total. The van der Waals surface area contributed by atoms with Gasteiger partial charge in [0.2, 0.25) is 0 Å². The van der Waals surface area contributed by atoms with E-state index in [9.17, 15) is 8.68 Å². The van der Waals surface area contributed by atoms with Crippen LogP contribution in [0.2, 0.25) is 0 Å². The number of thioether (sulfide) groups is 1. The lowest BCUT2D eigenvalue weighted by atomic mass is 10.4. The molecule has 0 aromatic rings. The second-order valence-corrected chi connectivity index (χ2v) is 3.45.